The van der Waals surface area contributed by atoms with Gasteiger partial charge in [-0.15, -0.1) is 0 Å². The Hall–Kier alpha value is -3.26. The predicted molar refractivity (Wildman–Crippen MR) is 111 cm³/mol. The van der Waals surface area contributed by atoms with Gasteiger partial charge in [0.2, 0.25) is 0 Å². The highest BCUT2D eigenvalue weighted by molar-refractivity contribution is 9.10. The molecule has 1 N–H and O–H groups in total. The van der Waals surface area contributed by atoms with Gasteiger partial charge in [-0.05, 0) is 71.2 Å². The van der Waals surface area contributed by atoms with Crippen LogP contribution in [0.2, 0.25) is 0 Å². The van der Waals surface area contributed by atoms with Crippen molar-refractivity contribution in [3.05, 3.63) is 69.7 Å². The van der Waals surface area contributed by atoms with Crippen molar-refractivity contribution in [3.63, 3.8) is 0 Å². The molecule has 0 saturated carbocycles. The van der Waals surface area contributed by atoms with E-state index < -0.39 is 30.3 Å². The second-order valence-corrected chi connectivity index (χ2v) is 7.29. The Balaban J connectivity index is 1.63. The molecular weight excluding hydrogens is 440 g/mol. The molecule has 1 aliphatic heterocycles. The molecule has 7 nitrogen and oxygen atoms in total. The van der Waals surface area contributed by atoms with E-state index in [0.717, 1.165) is 32.7 Å². The Morgan fingerprint density at radius 2 is 1.69 bits per heavy atom. The van der Waals surface area contributed by atoms with Crippen LogP contribution in [0.15, 0.2) is 53.0 Å². The average molecular weight is 457 g/mol. The molecule has 3 amide bonds. The molecule has 8 heteroatoms. The SMILES string of the molecule is Cc1cc(Br)c(NC(=O)COC(=O)c2cccc(N3C(=O)C=CC3=O)c2)cc1C. The maximum absolute atomic E-state index is 12.3. The third kappa shape index (κ3) is 4.60. The summed E-state index contributed by atoms with van der Waals surface area (Å²) in [5, 5.41) is 2.68. The first-order chi connectivity index (χ1) is 13.8. The van der Waals surface area contributed by atoms with Gasteiger partial charge in [-0.1, -0.05) is 6.07 Å². The Kier molecular flexibility index (Phi) is 5.93. The first-order valence-electron chi connectivity index (χ1n) is 8.66. The van der Waals surface area contributed by atoms with E-state index in [2.05, 4.69) is 21.2 Å². The number of nitrogens with one attached hydrogen (secondary N) is 1. The van der Waals surface area contributed by atoms with Crippen LogP contribution in [0.25, 0.3) is 0 Å². The number of anilines is 2. The summed E-state index contributed by atoms with van der Waals surface area (Å²) in [5.41, 5.74) is 3.04. The summed E-state index contributed by atoms with van der Waals surface area (Å²) in [6, 6.07) is 9.60. The summed E-state index contributed by atoms with van der Waals surface area (Å²) in [6.45, 7) is 3.41. The van der Waals surface area contributed by atoms with Crippen molar-refractivity contribution in [2.75, 3.05) is 16.8 Å². The van der Waals surface area contributed by atoms with Gasteiger partial charge in [0.1, 0.15) is 0 Å². The second kappa shape index (κ2) is 8.40. The molecule has 1 heterocycles. The fraction of sp³-hybridized carbons (Fsp3) is 0.143. The molecule has 0 radical (unpaired) electrons. The summed E-state index contributed by atoms with van der Waals surface area (Å²) in [5.74, 6) is -2.21. The lowest BCUT2D eigenvalue weighted by atomic mass is 10.1. The largest absolute Gasteiger partial charge is 0.452 e. The average Bonchev–Trinajstić information content (AvgIpc) is 3.02. The van der Waals surface area contributed by atoms with Crippen LogP contribution in [0.5, 0.6) is 0 Å². The summed E-state index contributed by atoms with van der Waals surface area (Å²) >= 11 is 3.39. The Morgan fingerprint density at radius 3 is 2.38 bits per heavy atom. The van der Waals surface area contributed by atoms with Crippen molar-refractivity contribution in [1.82, 2.24) is 0 Å². The van der Waals surface area contributed by atoms with E-state index >= 15 is 0 Å². The monoisotopic (exact) mass is 456 g/mol. The molecule has 0 saturated heterocycles. The molecule has 0 atom stereocenters. The first-order valence-corrected chi connectivity index (χ1v) is 9.45. The molecule has 29 heavy (non-hydrogen) atoms. The van der Waals surface area contributed by atoms with E-state index in [-0.39, 0.29) is 11.3 Å². The first kappa shape index (κ1) is 20.5. The Labute approximate surface area is 175 Å². The van der Waals surface area contributed by atoms with Gasteiger partial charge in [0.05, 0.1) is 16.9 Å². The molecule has 3 rings (SSSR count). The minimum Gasteiger partial charge on any atom is -0.452 e. The Morgan fingerprint density at radius 1 is 1.03 bits per heavy atom. The summed E-state index contributed by atoms with van der Waals surface area (Å²) in [7, 11) is 0. The smallest absolute Gasteiger partial charge is 0.338 e. The van der Waals surface area contributed by atoms with E-state index in [9.17, 15) is 19.2 Å². The topological polar surface area (TPSA) is 92.8 Å². The molecule has 0 unspecified atom stereocenters. The second-order valence-electron chi connectivity index (χ2n) is 6.44. The summed E-state index contributed by atoms with van der Waals surface area (Å²) in [6.07, 6.45) is 2.31. The molecule has 148 valence electrons. The standard InChI is InChI=1S/C21H17BrN2O5/c1-12-8-16(22)17(9-13(12)2)23-18(25)11-29-21(28)14-4-3-5-15(10-14)24-19(26)6-7-20(24)27/h3-10H,11H2,1-2H3,(H,23,25). The van der Waals surface area contributed by atoms with Crippen LogP contribution < -0.4 is 10.2 Å². The maximum Gasteiger partial charge on any atom is 0.338 e. The quantitative estimate of drug-likeness (QED) is 0.550. The Bertz CT molecular complexity index is 1040. The van der Waals surface area contributed by atoms with Crippen molar-refractivity contribution < 1.29 is 23.9 Å². The highest BCUT2D eigenvalue weighted by Crippen LogP contribution is 2.26. The van der Waals surface area contributed by atoms with Crippen LogP contribution in [0.3, 0.4) is 0 Å². The van der Waals surface area contributed by atoms with Gasteiger partial charge < -0.3 is 10.1 Å². The van der Waals surface area contributed by atoms with Gasteiger partial charge in [-0.2, -0.15) is 0 Å². The van der Waals surface area contributed by atoms with Gasteiger partial charge in [0.15, 0.2) is 6.61 Å². The number of carbonyl (C=O) groups is 4. The number of aryl methyl sites for hydroxylation is 2. The van der Waals surface area contributed by atoms with Gasteiger partial charge in [0, 0.05) is 16.6 Å². The van der Waals surface area contributed by atoms with Crippen molar-refractivity contribution in [1.29, 1.82) is 0 Å². The number of rotatable bonds is 5. The highest BCUT2D eigenvalue weighted by Gasteiger charge is 2.25. The number of halogens is 1. The number of ether oxygens (including phenoxy) is 1. The fourth-order valence-corrected chi connectivity index (χ4v) is 3.26. The zero-order valence-corrected chi connectivity index (χ0v) is 17.3. The predicted octanol–water partition coefficient (Wildman–Crippen LogP) is 3.29. The molecule has 2 aromatic rings. The van der Waals surface area contributed by atoms with Crippen molar-refractivity contribution in [2.45, 2.75) is 13.8 Å². The fourth-order valence-electron chi connectivity index (χ4n) is 2.70. The third-order valence-corrected chi connectivity index (χ3v) is 5.00. The molecular formula is C21H17BrN2O5. The lowest BCUT2D eigenvalue weighted by molar-refractivity contribution is -0.120. The highest BCUT2D eigenvalue weighted by atomic mass is 79.9. The number of imide groups is 1. The van der Waals surface area contributed by atoms with Crippen LogP contribution in [-0.4, -0.2) is 30.3 Å². The zero-order valence-electron chi connectivity index (χ0n) is 15.7. The summed E-state index contributed by atoms with van der Waals surface area (Å²) < 4.78 is 5.78. The van der Waals surface area contributed by atoms with Crippen LogP contribution in [-0.2, 0) is 19.1 Å². The molecule has 0 bridgehead atoms. The minimum absolute atomic E-state index is 0.121. The molecule has 0 aromatic heterocycles. The number of esters is 1. The number of amides is 3. The van der Waals surface area contributed by atoms with Crippen LogP contribution >= 0.6 is 15.9 Å². The van der Waals surface area contributed by atoms with E-state index in [0.29, 0.717) is 5.69 Å². The number of nitrogens with zero attached hydrogens (tertiary/aromatic N) is 1. The lowest BCUT2D eigenvalue weighted by Crippen LogP contribution is -2.29. The molecule has 1 aliphatic rings. The lowest BCUT2D eigenvalue weighted by Gasteiger charge is -2.14. The maximum atomic E-state index is 12.3. The number of hydrogen-bond donors (Lipinski definition) is 1. The van der Waals surface area contributed by atoms with Crippen LogP contribution in [0.1, 0.15) is 21.5 Å². The van der Waals surface area contributed by atoms with Crippen molar-refractivity contribution >= 4 is 51.0 Å². The van der Waals surface area contributed by atoms with E-state index in [1.807, 2.05) is 26.0 Å². The van der Waals surface area contributed by atoms with Crippen LogP contribution in [0.4, 0.5) is 11.4 Å². The third-order valence-electron chi connectivity index (χ3n) is 4.34. The van der Waals surface area contributed by atoms with E-state index in [1.165, 1.54) is 24.3 Å². The molecule has 0 spiro atoms. The van der Waals surface area contributed by atoms with Crippen molar-refractivity contribution in [3.8, 4) is 0 Å². The minimum atomic E-state index is -0.742. The van der Waals surface area contributed by atoms with E-state index in [1.54, 1.807) is 0 Å². The van der Waals surface area contributed by atoms with E-state index in [4.69, 9.17) is 4.74 Å². The number of hydrogen-bond acceptors (Lipinski definition) is 5. The molecule has 0 aliphatic carbocycles. The van der Waals surface area contributed by atoms with Gasteiger partial charge >= 0.3 is 5.97 Å². The zero-order chi connectivity index (χ0) is 21.1. The van der Waals surface area contributed by atoms with Gasteiger partial charge in [-0.25, -0.2) is 9.69 Å². The van der Waals surface area contributed by atoms with Crippen molar-refractivity contribution in [2.24, 2.45) is 0 Å². The number of carbonyl (C=O) groups excluding carboxylic acids is 4. The normalized spacial score (nSPS) is 13.0. The number of benzene rings is 2. The molecule has 0 fully saturated rings. The van der Waals surface area contributed by atoms with Gasteiger partial charge in [-0.3, -0.25) is 14.4 Å². The van der Waals surface area contributed by atoms with Crippen LogP contribution in [0, 0.1) is 13.8 Å². The molecule has 2 aromatic carbocycles. The summed E-state index contributed by atoms with van der Waals surface area (Å²) in [4.78, 5) is 48.9. The van der Waals surface area contributed by atoms with Gasteiger partial charge in [0.25, 0.3) is 17.7 Å².